The molecule has 0 spiro atoms. The Morgan fingerprint density at radius 1 is 1.18 bits per heavy atom. The van der Waals surface area contributed by atoms with E-state index in [9.17, 15) is 18.0 Å². The summed E-state index contributed by atoms with van der Waals surface area (Å²) >= 11 is 0. The highest BCUT2D eigenvalue weighted by Crippen LogP contribution is 2.30. The minimum Gasteiger partial charge on any atom is -0.357 e. The van der Waals surface area contributed by atoms with E-state index in [1.165, 1.54) is 0 Å². The number of hydrogen-bond donors (Lipinski definition) is 0. The number of unbranched alkanes of at least 4 members (excludes halogenated alkanes) is 1. The Labute approximate surface area is 204 Å². The second-order valence-corrected chi connectivity index (χ2v) is 7.80. The summed E-state index contributed by atoms with van der Waals surface area (Å²) in [4.78, 5) is 19.6. The summed E-state index contributed by atoms with van der Waals surface area (Å²) in [5.41, 5.74) is 3.27. The number of halogens is 5. The van der Waals surface area contributed by atoms with Gasteiger partial charge in [-0.1, -0.05) is 31.9 Å². The summed E-state index contributed by atoms with van der Waals surface area (Å²) in [6.07, 6.45) is 2.00. The number of nitrogens with zero attached hydrogens (tertiary/aromatic N) is 4. The molecule has 33 heavy (non-hydrogen) atoms. The molecule has 1 aliphatic rings. The van der Waals surface area contributed by atoms with Crippen molar-refractivity contribution in [3.8, 4) is 6.07 Å². The van der Waals surface area contributed by atoms with Crippen molar-refractivity contribution in [3.63, 3.8) is 0 Å². The maximum absolute atomic E-state index is 12.9. The molecule has 0 unspecified atom stereocenters. The van der Waals surface area contributed by atoms with Crippen LogP contribution in [0.4, 0.5) is 18.9 Å². The van der Waals surface area contributed by atoms with E-state index in [2.05, 4.69) is 11.1 Å². The topological polar surface area (TPSA) is 60.2 Å². The van der Waals surface area contributed by atoms with Gasteiger partial charge in [0, 0.05) is 37.1 Å². The van der Waals surface area contributed by atoms with Gasteiger partial charge in [0.2, 0.25) is 5.91 Å². The normalized spacial score (nSPS) is 16.0. The van der Waals surface area contributed by atoms with E-state index in [1.54, 1.807) is 24.5 Å². The second kappa shape index (κ2) is 12.7. The van der Waals surface area contributed by atoms with Gasteiger partial charge in [-0.3, -0.25) is 9.78 Å². The van der Waals surface area contributed by atoms with Gasteiger partial charge in [0.25, 0.3) is 0 Å². The monoisotopic (exact) mass is 502 g/mol. The quantitative estimate of drug-likeness (QED) is 0.524. The van der Waals surface area contributed by atoms with Crippen LogP contribution in [0.2, 0.25) is 0 Å². The van der Waals surface area contributed by atoms with Crippen LogP contribution in [-0.2, 0) is 11.2 Å². The third-order valence-electron chi connectivity index (χ3n) is 5.46. The summed E-state index contributed by atoms with van der Waals surface area (Å²) < 4.78 is 38.8. The number of anilines is 1. The predicted octanol–water partition coefficient (Wildman–Crippen LogP) is 5.16. The number of hydrogen-bond acceptors (Lipinski definition) is 4. The molecule has 2 heterocycles. The first-order chi connectivity index (χ1) is 14.8. The van der Waals surface area contributed by atoms with Crippen LogP contribution >= 0.6 is 24.8 Å². The molecular formula is C23H27Cl2F3N4O. The molecular weight excluding hydrogens is 476 g/mol. The minimum absolute atomic E-state index is 0. The zero-order valence-electron chi connectivity index (χ0n) is 18.2. The van der Waals surface area contributed by atoms with E-state index < -0.39 is 18.6 Å². The molecule has 2 aromatic rings. The van der Waals surface area contributed by atoms with Crippen LogP contribution in [0.5, 0.6) is 0 Å². The first kappa shape index (κ1) is 28.5. The molecule has 180 valence electrons. The Hall–Kier alpha value is -2.50. The third kappa shape index (κ3) is 7.79. The Morgan fingerprint density at radius 3 is 2.48 bits per heavy atom. The number of carbonyl (C=O) groups is 1. The lowest BCUT2D eigenvalue weighted by molar-refractivity contribution is -0.162. The van der Waals surface area contributed by atoms with Gasteiger partial charge < -0.3 is 9.80 Å². The Balaban J connectivity index is 0.00000272. The average molecular weight is 503 g/mol. The molecule has 10 heteroatoms. The molecule has 0 radical (unpaired) electrons. The molecule has 1 amide bonds. The van der Waals surface area contributed by atoms with Crippen molar-refractivity contribution in [3.05, 3.63) is 59.4 Å². The molecule has 1 fully saturated rings. The fraction of sp³-hybridized carbons (Fsp3) is 0.435. The van der Waals surface area contributed by atoms with Gasteiger partial charge in [0.05, 0.1) is 18.2 Å². The molecule has 0 bridgehead atoms. The van der Waals surface area contributed by atoms with E-state index in [0.29, 0.717) is 18.4 Å². The highest BCUT2D eigenvalue weighted by atomic mass is 35.5. The Morgan fingerprint density at radius 2 is 1.88 bits per heavy atom. The molecule has 1 aliphatic heterocycles. The van der Waals surface area contributed by atoms with E-state index in [-0.39, 0.29) is 43.9 Å². The number of carbonyl (C=O) groups excluding carboxylic acids is 1. The van der Waals surface area contributed by atoms with Crippen molar-refractivity contribution in [1.82, 2.24) is 9.88 Å². The van der Waals surface area contributed by atoms with Crippen molar-refractivity contribution in [1.29, 1.82) is 5.26 Å². The van der Waals surface area contributed by atoms with Crippen LogP contribution in [0.3, 0.4) is 0 Å². The van der Waals surface area contributed by atoms with Crippen LogP contribution in [0.25, 0.3) is 0 Å². The van der Waals surface area contributed by atoms with Crippen molar-refractivity contribution in [2.24, 2.45) is 0 Å². The molecule has 5 nitrogen and oxygen atoms in total. The predicted molar refractivity (Wildman–Crippen MR) is 126 cm³/mol. The first-order valence-corrected chi connectivity index (χ1v) is 10.3. The van der Waals surface area contributed by atoms with Gasteiger partial charge in [0.1, 0.15) is 6.54 Å². The average Bonchev–Trinajstić information content (AvgIpc) is 2.74. The van der Waals surface area contributed by atoms with E-state index in [1.807, 2.05) is 30.0 Å². The molecule has 0 saturated carbocycles. The first-order valence-electron chi connectivity index (χ1n) is 10.3. The fourth-order valence-electron chi connectivity index (χ4n) is 3.92. The van der Waals surface area contributed by atoms with Gasteiger partial charge in [-0.15, -0.1) is 24.8 Å². The zero-order chi connectivity index (χ0) is 22.4. The number of pyridine rings is 1. The van der Waals surface area contributed by atoms with Crippen LogP contribution in [0.1, 0.15) is 42.9 Å². The van der Waals surface area contributed by atoms with Gasteiger partial charge in [-0.05, 0) is 35.7 Å². The second-order valence-electron chi connectivity index (χ2n) is 7.80. The minimum atomic E-state index is -4.41. The summed E-state index contributed by atoms with van der Waals surface area (Å²) in [6, 6.07) is 11.0. The van der Waals surface area contributed by atoms with Crippen LogP contribution in [-0.4, -0.2) is 47.6 Å². The van der Waals surface area contributed by atoms with Gasteiger partial charge in [0.15, 0.2) is 0 Å². The van der Waals surface area contributed by atoms with Crippen LogP contribution < -0.4 is 4.90 Å². The van der Waals surface area contributed by atoms with E-state index in [0.717, 1.165) is 34.6 Å². The number of benzene rings is 1. The number of alkyl halides is 3. The summed E-state index contributed by atoms with van der Waals surface area (Å²) in [5.74, 6) is -0.522. The molecule has 1 atom stereocenters. The van der Waals surface area contributed by atoms with Crippen molar-refractivity contribution in [2.75, 3.05) is 24.5 Å². The lowest BCUT2D eigenvalue weighted by Gasteiger charge is -2.43. The number of aromatic nitrogens is 1. The SMILES string of the molecule is CCCC[C@H]1CN(CC(F)(F)F)C(=O)CN1c1ccncc1Cc1ccc(C#N)cc1.Cl.Cl. The highest BCUT2D eigenvalue weighted by Gasteiger charge is 2.39. The molecule has 1 aromatic carbocycles. The highest BCUT2D eigenvalue weighted by molar-refractivity contribution is 5.85. The van der Waals surface area contributed by atoms with E-state index >= 15 is 0 Å². The van der Waals surface area contributed by atoms with Crippen molar-refractivity contribution < 1.29 is 18.0 Å². The van der Waals surface area contributed by atoms with Gasteiger partial charge in [-0.25, -0.2) is 0 Å². The maximum atomic E-state index is 12.9. The number of rotatable bonds is 7. The largest absolute Gasteiger partial charge is 0.406 e. The van der Waals surface area contributed by atoms with Crippen molar-refractivity contribution in [2.45, 2.75) is 44.8 Å². The van der Waals surface area contributed by atoms with Gasteiger partial charge in [-0.2, -0.15) is 18.4 Å². The van der Waals surface area contributed by atoms with Crippen LogP contribution in [0.15, 0.2) is 42.7 Å². The maximum Gasteiger partial charge on any atom is 0.406 e. The summed E-state index contributed by atoms with van der Waals surface area (Å²) in [6.45, 7) is 0.789. The third-order valence-corrected chi connectivity index (χ3v) is 5.46. The van der Waals surface area contributed by atoms with Crippen molar-refractivity contribution >= 4 is 36.4 Å². The Kier molecular flexibility index (Phi) is 10.9. The Bertz CT molecular complexity index is 948. The lowest BCUT2D eigenvalue weighted by atomic mass is 9.99. The van der Waals surface area contributed by atoms with Crippen LogP contribution in [0, 0.1) is 11.3 Å². The number of piperazine rings is 1. The summed E-state index contributed by atoms with van der Waals surface area (Å²) in [7, 11) is 0. The smallest absolute Gasteiger partial charge is 0.357 e. The molecule has 0 aliphatic carbocycles. The van der Waals surface area contributed by atoms with Gasteiger partial charge >= 0.3 is 6.18 Å². The molecule has 1 aromatic heterocycles. The fourth-order valence-corrected chi connectivity index (χ4v) is 3.92. The molecule has 3 rings (SSSR count). The molecule has 0 N–H and O–H groups in total. The lowest BCUT2D eigenvalue weighted by Crippen LogP contribution is -2.58. The van der Waals surface area contributed by atoms with E-state index in [4.69, 9.17) is 5.26 Å². The number of nitriles is 1. The molecule has 1 saturated heterocycles. The number of amides is 1. The standard InChI is InChI=1S/C23H25F3N4O.2ClH/c1-2-3-4-20-14-29(16-23(24,25)26)22(31)15-30(20)21-9-10-28-13-19(21)11-17-5-7-18(12-27)8-6-17;;/h5-10,13,20H,2-4,11,14-16H2,1H3;2*1H/t20-;;/m0../s1. The summed E-state index contributed by atoms with van der Waals surface area (Å²) in [5, 5.41) is 8.98. The zero-order valence-corrected chi connectivity index (χ0v) is 19.8.